The standard InChI is InChI=1S/C15H12ClN3OS/c16-11-6-7-12(17)13(8-11)21-9-14-18-19-15(20-14)10-4-2-1-3-5-10/h1-8H,9,17H2. The molecule has 3 rings (SSSR count). The third kappa shape index (κ3) is 3.37. The lowest BCUT2D eigenvalue weighted by molar-refractivity contribution is 0.528. The minimum atomic E-state index is 0.519. The third-order valence-corrected chi connectivity index (χ3v) is 4.11. The predicted molar refractivity (Wildman–Crippen MR) is 85.2 cm³/mol. The normalized spacial score (nSPS) is 10.7. The molecule has 106 valence electrons. The van der Waals surface area contributed by atoms with Crippen molar-refractivity contribution in [3.05, 3.63) is 59.4 Å². The Hall–Kier alpha value is -1.98. The highest BCUT2D eigenvalue weighted by atomic mass is 35.5. The van der Waals surface area contributed by atoms with E-state index in [1.54, 1.807) is 12.1 Å². The lowest BCUT2D eigenvalue weighted by atomic mass is 10.2. The van der Waals surface area contributed by atoms with Crippen molar-refractivity contribution in [2.45, 2.75) is 10.6 Å². The van der Waals surface area contributed by atoms with Gasteiger partial charge in [0.15, 0.2) is 0 Å². The van der Waals surface area contributed by atoms with Gasteiger partial charge in [-0.1, -0.05) is 29.8 Å². The molecular formula is C15H12ClN3OS. The molecule has 0 aliphatic carbocycles. The molecule has 4 nitrogen and oxygen atoms in total. The van der Waals surface area contributed by atoms with Crippen LogP contribution in [0.5, 0.6) is 0 Å². The Bertz CT molecular complexity index is 746. The SMILES string of the molecule is Nc1ccc(Cl)cc1SCc1nnc(-c2ccccc2)o1. The topological polar surface area (TPSA) is 64.9 Å². The molecule has 1 heterocycles. The zero-order valence-electron chi connectivity index (χ0n) is 11.0. The molecule has 0 spiro atoms. The minimum absolute atomic E-state index is 0.519. The second-order valence-corrected chi connectivity index (χ2v) is 5.79. The summed E-state index contributed by atoms with van der Waals surface area (Å²) in [7, 11) is 0. The molecule has 0 saturated carbocycles. The van der Waals surface area contributed by atoms with Crippen LogP contribution in [-0.4, -0.2) is 10.2 Å². The van der Waals surface area contributed by atoms with Gasteiger partial charge in [0.1, 0.15) is 0 Å². The monoisotopic (exact) mass is 317 g/mol. The van der Waals surface area contributed by atoms with Crippen LogP contribution in [0.25, 0.3) is 11.5 Å². The molecule has 1 aromatic heterocycles. The second kappa shape index (κ2) is 6.20. The lowest BCUT2D eigenvalue weighted by Crippen LogP contribution is -1.89. The lowest BCUT2D eigenvalue weighted by Gasteiger charge is -2.03. The van der Waals surface area contributed by atoms with Gasteiger partial charge >= 0.3 is 0 Å². The van der Waals surface area contributed by atoms with E-state index in [-0.39, 0.29) is 0 Å². The summed E-state index contributed by atoms with van der Waals surface area (Å²) in [5.41, 5.74) is 7.50. The smallest absolute Gasteiger partial charge is 0.247 e. The highest BCUT2D eigenvalue weighted by molar-refractivity contribution is 7.98. The number of hydrogen-bond donors (Lipinski definition) is 1. The molecular weight excluding hydrogens is 306 g/mol. The van der Waals surface area contributed by atoms with E-state index >= 15 is 0 Å². The van der Waals surface area contributed by atoms with E-state index in [4.69, 9.17) is 21.8 Å². The van der Waals surface area contributed by atoms with Gasteiger partial charge in [-0.2, -0.15) is 0 Å². The Morgan fingerprint density at radius 3 is 2.71 bits per heavy atom. The molecule has 0 amide bonds. The highest BCUT2D eigenvalue weighted by Gasteiger charge is 2.09. The number of nitrogens with two attached hydrogens (primary N) is 1. The molecule has 0 bridgehead atoms. The largest absolute Gasteiger partial charge is 0.420 e. The molecule has 2 N–H and O–H groups in total. The summed E-state index contributed by atoms with van der Waals surface area (Å²) in [4.78, 5) is 0.905. The van der Waals surface area contributed by atoms with Crippen molar-refractivity contribution in [1.82, 2.24) is 10.2 Å². The summed E-state index contributed by atoms with van der Waals surface area (Å²) in [6, 6.07) is 15.0. The van der Waals surface area contributed by atoms with Gasteiger partial charge in [-0.25, -0.2) is 0 Å². The number of thioether (sulfide) groups is 1. The van der Waals surface area contributed by atoms with Crippen molar-refractivity contribution in [1.29, 1.82) is 0 Å². The van der Waals surface area contributed by atoms with E-state index in [2.05, 4.69) is 10.2 Å². The van der Waals surface area contributed by atoms with E-state index in [1.807, 2.05) is 36.4 Å². The molecule has 0 atom stereocenters. The Kier molecular flexibility index (Phi) is 4.13. The number of rotatable bonds is 4. The number of nitrogens with zero attached hydrogens (tertiary/aromatic N) is 2. The quantitative estimate of drug-likeness (QED) is 0.575. The van der Waals surface area contributed by atoms with Gasteiger partial charge in [-0.05, 0) is 30.3 Å². The third-order valence-electron chi connectivity index (χ3n) is 2.81. The first-order valence-electron chi connectivity index (χ1n) is 6.28. The summed E-state index contributed by atoms with van der Waals surface area (Å²) < 4.78 is 5.64. The van der Waals surface area contributed by atoms with E-state index in [9.17, 15) is 0 Å². The zero-order valence-corrected chi connectivity index (χ0v) is 12.6. The molecule has 3 aromatic rings. The van der Waals surface area contributed by atoms with Crippen molar-refractivity contribution in [3.63, 3.8) is 0 Å². The minimum Gasteiger partial charge on any atom is -0.420 e. The number of nitrogen functional groups attached to an aromatic ring is 1. The Labute approximate surface area is 131 Å². The first kappa shape index (κ1) is 14.0. The molecule has 0 fully saturated rings. The van der Waals surface area contributed by atoms with Gasteiger partial charge in [0.2, 0.25) is 11.8 Å². The fourth-order valence-electron chi connectivity index (χ4n) is 1.78. The number of hydrogen-bond acceptors (Lipinski definition) is 5. The number of aromatic nitrogens is 2. The van der Waals surface area contributed by atoms with Crippen LogP contribution in [0.2, 0.25) is 5.02 Å². The molecule has 0 radical (unpaired) electrons. The van der Waals surface area contributed by atoms with Crippen molar-refractivity contribution >= 4 is 29.1 Å². The fraction of sp³-hybridized carbons (Fsp3) is 0.0667. The van der Waals surface area contributed by atoms with Crippen molar-refractivity contribution < 1.29 is 4.42 Å². The number of anilines is 1. The van der Waals surface area contributed by atoms with Crippen molar-refractivity contribution in [3.8, 4) is 11.5 Å². The van der Waals surface area contributed by atoms with Crippen LogP contribution in [0.4, 0.5) is 5.69 Å². The van der Waals surface area contributed by atoms with Crippen LogP contribution in [0, 0.1) is 0 Å². The molecule has 2 aromatic carbocycles. The Morgan fingerprint density at radius 1 is 1.10 bits per heavy atom. The van der Waals surface area contributed by atoms with Gasteiger partial charge in [-0.15, -0.1) is 22.0 Å². The predicted octanol–water partition coefficient (Wildman–Crippen LogP) is 4.26. The molecule has 0 aliphatic rings. The Morgan fingerprint density at radius 2 is 1.90 bits per heavy atom. The van der Waals surface area contributed by atoms with Gasteiger partial charge in [-0.3, -0.25) is 0 Å². The van der Waals surface area contributed by atoms with Gasteiger partial charge in [0.25, 0.3) is 0 Å². The van der Waals surface area contributed by atoms with E-state index in [0.717, 1.165) is 10.5 Å². The van der Waals surface area contributed by atoms with Crippen LogP contribution in [0.1, 0.15) is 5.89 Å². The molecule has 0 unspecified atom stereocenters. The van der Waals surface area contributed by atoms with E-state index in [1.165, 1.54) is 11.8 Å². The second-order valence-electron chi connectivity index (χ2n) is 4.34. The molecule has 0 saturated heterocycles. The number of halogens is 1. The summed E-state index contributed by atoms with van der Waals surface area (Å²) in [6.07, 6.45) is 0. The maximum absolute atomic E-state index is 5.96. The summed E-state index contributed by atoms with van der Waals surface area (Å²) in [5, 5.41) is 8.75. The van der Waals surface area contributed by atoms with Crippen molar-refractivity contribution in [2.24, 2.45) is 0 Å². The van der Waals surface area contributed by atoms with Gasteiger partial charge in [0.05, 0.1) is 5.75 Å². The zero-order chi connectivity index (χ0) is 14.7. The summed E-state index contributed by atoms with van der Waals surface area (Å²) in [6.45, 7) is 0. The summed E-state index contributed by atoms with van der Waals surface area (Å²) in [5.74, 6) is 1.62. The average molecular weight is 318 g/mol. The Balaban J connectivity index is 1.72. The maximum atomic E-state index is 5.96. The van der Waals surface area contributed by atoms with E-state index in [0.29, 0.717) is 28.2 Å². The highest BCUT2D eigenvalue weighted by Crippen LogP contribution is 2.30. The average Bonchev–Trinajstić information content (AvgIpc) is 2.98. The van der Waals surface area contributed by atoms with E-state index < -0.39 is 0 Å². The summed E-state index contributed by atoms with van der Waals surface area (Å²) >= 11 is 7.48. The maximum Gasteiger partial charge on any atom is 0.247 e. The van der Waals surface area contributed by atoms with Gasteiger partial charge in [0, 0.05) is 21.2 Å². The fourth-order valence-corrected chi connectivity index (χ4v) is 2.86. The molecule has 0 aliphatic heterocycles. The van der Waals surface area contributed by atoms with Crippen LogP contribution in [0.15, 0.2) is 57.8 Å². The van der Waals surface area contributed by atoms with Crippen LogP contribution < -0.4 is 5.73 Å². The van der Waals surface area contributed by atoms with Crippen LogP contribution >= 0.6 is 23.4 Å². The number of benzene rings is 2. The molecule has 21 heavy (non-hydrogen) atoms. The van der Waals surface area contributed by atoms with Crippen LogP contribution in [0.3, 0.4) is 0 Å². The van der Waals surface area contributed by atoms with Crippen LogP contribution in [-0.2, 0) is 5.75 Å². The van der Waals surface area contributed by atoms with Gasteiger partial charge < -0.3 is 10.2 Å². The first-order valence-corrected chi connectivity index (χ1v) is 7.64. The van der Waals surface area contributed by atoms with Crippen molar-refractivity contribution in [2.75, 3.05) is 5.73 Å². The first-order chi connectivity index (χ1) is 10.2. The molecule has 6 heteroatoms.